The quantitative estimate of drug-likeness (QED) is 0.683. The number of halogens is 1. The molecule has 10 heavy (non-hydrogen) atoms. The average molecular weight is 144 g/mol. The minimum absolute atomic E-state index is 0.144. The van der Waals surface area contributed by atoms with Crippen molar-refractivity contribution >= 4 is 0 Å². The highest BCUT2D eigenvalue weighted by Gasteiger charge is 2.00. The summed E-state index contributed by atoms with van der Waals surface area (Å²) < 4.78 is 16.5. The third-order valence-electron chi connectivity index (χ3n) is 1.07. The fraction of sp³-hybridized carbons (Fsp3) is 0.500. The molecular formula is C6H9FN2O. The summed E-state index contributed by atoms with van der Waals surface area (Å²) in [5, 5.41) is 2.88. The number of nitrogens with zero attached hydrogens (tertiary/aromatic N) is 1. The first-order chi connectivity index (χ1) is 4.86. The highest BCUT2D eigenvalue weighted by Crippen LogP contribution is 2.02. The average Bonchev–Trinajstić information content (AvgIpc) is 2.37. The van der Waals surface area contributed by atoms with E-state index in [4.69, 9.17) is 4.42 Å². The maximum atomic E-state index is 11.8. The van der Waals surface area contributed by atoms with Gasteiger partial charge < -0.3 is 9.73 Å². The molecule has 0 aromatic carbocycles. The Morgan fingerprint density at radius 1 is 1.80 bits per heavy atom. The Morgan fingerprint density at radius 2 is 2.60 bits per heavy atom. The molecule has 0 aliphatic rings. The lowest BCUT2D eigenvalue weighted by Gasteiger charge is -1.87. The first-order valence-corrected chi connectivity index (χ1v) is 3.00. The maximum Gasteiger partial charge on any atom is 0.225 e. The molecule has 0 amide bonds. The molecule has 0 aliphatic carbocycles. The predicted octanol–water partition coefficient (Wildman–Crippen LogP) is 0.864. The van der Waals surface area contributed by atoms with E-state index in [0.717, 1.165) is 5.69 Å². The first-order valence-electron chi connectivity index (χ1n) is 3.00. The van der Waals surface area contributed by atoms with Gasteiger partial charge in [-0.05, 0) is 7.05 Å². The number of oxazole rings is 1. The SMILES string of the molecule is CNCc1coc(CF)n1. The van der Waals surface area contributed by atoms with Gasteiger partial charge in [0.2, 0.25) is 5.89 Å². The van der Waals surface area contributed by atoms with Crippen LogP contribution in [0.2, 0.25) is 0 Å². The van der Waals surface area contributed by atoms with Crippen molar-refractivity contribution in [3.63, 3.8) is 0 Å². The minimum atomic E-state index is -0.635. The lowest BCUT2D eigenvalue weighted by molar-refractivity contribution is 0.380. The Hall–Kier alpha value is -0.900. The van der Waals surface area contributed by atoms with Crippen LogP contribution in [0.4, 0.5) is 4.39 Å². The van der Waals surface area contributed by atoms with Crippen LogP contribution >= 0.6 is 0 Å². The lowest BCUT2D eigenvalue weighted by atomic mass is 10.5. The molecular weight excluding hydrogens is 135 g/mol. The molecule has 0 unspecified atom stereocenters. The molecule has 0 saturated carbocycles. The summed E-state index contributed by atoms with van der Waals surface area (Å²) in [6, 6.07) is 0. The van der Waals surface area contributed by atoms with E-state index < -0.39 is 6.67 Å². The van der Waals surface area contributed by atoms with Crippen molar-refractivity contribution in [2.24, 2.45) is 0 Å². The maximum absolute atomic E-state index is 11.8. The molecule has 0 atom stereocenters. The molecule has 0 bridgehead atoms. The molecule has 56 valence electrons. The molecule has 1 heterocycles. The van der Waals surface area contributed by atoms with Crippen LogP contribution < -0.4 is 5.32 Å². The Bertz CT molecular complexity index is 199. The van der Waals surface area contributed by atoms with Gasteiger partial charge in [0.25, 0.3) is 0 Å². The van der Waals surface area contributed by atoms with E-state index in [1.165, 1.54) is 6.26 Å². The summed E-state index contributed by atoms with van der Waals surface area (Å²) in [5.41, 5.74) is 0.732. The van der Waals surface area contributed by atoms with Crippen LogP contribution in [-0.4, -0.2) is 12.0 Å². The van der Waals surface area contributed by atoms with Gasteiger partial charge in [0.05, 0.1) is 5.69 Å². The van der Waals surface area contributed by atoms with Gasteiger partial charge >= 0.3 is 0 Å². The zero-order chi connectivity index (χ0) is 7.40. The molecule has 0 fully saturated rings. The highest BCUT2D eigenvalue weighted by molar-refractivity contribution is 4.94. The Balaban J connectivity index is 2.59. The van der Waals surface area contributed by atoms with Crippen LogP contribution in [0.1, 0.15) is 11.6 Å². The van der Waals surface area contributed by atoms with Crippen molar-refractivity contribution in [2.45, 2.75) is 13.2 Å². The molecule has 1 aromatic rings. The van der Waals surface area contributed by atoms with Crippen molar-refractivity contribution in [1.29, 1.82) is 0 Å². The van der Waals surface area contributed by atoms with Crippen LogP contribution in [0.25, 0.3) is 0 Å². The first kappa shape index (κ1) is 7.21. The Labute approximate surface area is 58.3 Å². The molecule has 1 aromatic heterocycles. The van der Waals surface area contributed by atoms with E-state index in [9.17, 15) is 4.39 Å². The number of hydrogen-bond acceptors (Lipinski definition) is 3. The monoisotopic (exact) mass is 144 g/mol. The van der Waals surface area contributed by atoms with E-state index in [1.54, 1.807) is 7.05 Å². The molecule has 0 radical (unpaired) electrons. The third-order valence-corrected chi connectivity index (χ3v) is 1.07. The van der Waals surface area contributed by atoms with Crippen molar-refractivity contribution in [1.82, 2.24) is 10.3 Å². The van der Waals surface area contributed by atoms with E-state index in [1.807, 2.05) is 0 Å². The second kappa shape index (κ2) is 3.31. The van der Waals surface area contributed by atoms with E-state index >= 15 is 0 Å². The van der Waals surface area contributed by atoms with Gasteiger partial charge in [-0.2, -0.15) is 0 Å². The lowest BCUT2D eigenvalue weighted by Crippen LogP contribution is -2.04. The number of nitrogens with one attached hydrogen (secondary N) is 1. The van der Waals surface area contributed by atoms with Crippen LogP contribution in [-0.2, 0) is 13.2 Å². The zero-order valence-electron chi connectivity index (χ0n) is 5.72. The molecule has 1 N–H and O–H groups in total. The van der Waals surface area contributed by atoms with Gasteiger partial charge in [-0.1, -0.05) is 0 Å². The molecule has 1 rings (SSSR count). The van der Waals surface area contributed by atoms with Gasteiger partial charge in [0, 0.05) is 6.54 Å². The standard InChI is InChI=1S/C6H9FN2O/c1-8-3-5-4-10-6(2-7)9-5/h4,8H,2-3H2,1H3. The van der Waals surface area contributed by atoms with Crippen LogP contribution in [0.3, 0.4) is 0 Å². The van der Waals surface area contributed by atoms with E-state index in [-0.39, 0.29) is 5.89 Å². The second-order valence-electron chi connectivity index (χ2n) is 1.90. The Kier molecular flexibility index (Phi) is 2.39. The largest absolute Gasteiger partial charge is 0.446 e. The Morgan fingerprint density at radius 3 is 3.10 bits per heavy atom. The summed E-state index contributed by atoms with van der Waals surface area (Å²) in [7, 11) is 1.80. The minimum Gasteiger partial charge on any atom is -0.446 e. The predicted molar refractivity (Wildman–Crippen MR) is 34.1 cm³/mol. The van der Waals surface area contributed by atoms with Crippen molar-refractivity contribution in [2.75, 3.05) is 7.05 Å². The van der Waals surface area contributed by atoms with Gasteiger partial charge in [0.15, 0.2) is 6.67 Å². The van der Waals surface area contributed by atoms with E-state index in [2.05, 4.69) is 10.3 Å². The van der Waals surface area contributed by atoms with Crippen LogP contribution in [0.5, 0.6) is 0 Å². The summed E-state index contributed by atoms with van der Waals surface area (Å²) in [6.45, 7) is -0.0206. The van der Waals surface area contributed by atoms with Crippen molar-refractivity contribution < 1.29 is 8.81 Å². The summed E-state index contributed by atoms with van der Waals surface area (Å²) in [5.74, 6) is 0.144. The fourth-order valence-electron chi connectivity index (χ4n) is 0.673. The third kappa shape index (κ3) is 1.54. The number of rotatable bonds is 3. The molecule has 0 aliphatic heterocycles. The van der Waals surface area contributed by atoms with Crippen molar-refractivity contribution in [3.05, 3.63) is 17.8 Å². The summed E-state index contributed by atoms with van der Waals surface area (Å²) in [6.07, 6.45) is 1.45. The van der Waals surface area contributed by atoms with Crippen molar-refractivity contribution in [3.8, 4) is 0 Å². The molecule has 3 nitrogen and oxygen atoms in total. The normalized spacial score (nSPS) is 10.2. The summed E-state index contributed by atoms with van der Waals surface area (Å²) >= 11 is 0. The zero-order valence-corrected chi connectivity index (χ0v) is 5.72. The van der Waals surface area contributed by atoms with Gasteiger partial charge in [0.1, 0.15) is 6.26 Å². The molecule has 0 spiro atoms. The van der Waals surface area contributed by atoms with Gasteiger partial charge in [-0.25, -0.2) is 9.37 Å². The number of hydrogen-bond donors (Lipinski definition) is 1. The molecule has 4 heteroatoms. The van der Waals surface area contributed by atoms with Crippen LogP contribution in [0.15, 0.2) is 10.7 Å². The number of alkyl halides is 1. The fourth-order valence-corrected chi connectivity index (χ4v) is 0.673. The van der Waals surface area contributed by atoms with E-state index in [0.29, 0.717) is 6.54 Å². The van der Waals surface area contributed by atoms with Gasteiger partial charge in [-0.15, -0.1) is 0 Å². The smallest absolute Gasteiger partial charge is 0.225 e. The summed E-state index contributed by atoms with van der Waals surface area (Å²) in [4.78, 5) is 3.81. The van der Waals surface area contributed by atoms with Gasteiger partial charge in [-0.3, -0.25) is 0 Å². The highest BCUT2D eigenvalue weighted by atomic mass is 19.1. The topological polar surface area (TPSA) is 38.1 Å². The number of aromatic nitrogens is 1. The second-order valence-corrected chi connectivity index (χ2v) is 1.90. The van der Waals surface area contributed by atoms with Crippen LogP contribution in [0, 0.1) is 0 Å². The molecule has 0 saturated heterocycles.